The maximum absolute atomic E-state index is 10.6. The molecule has 0 fully saturated rings. The summed E-state index contributed by atoms with van der Waals surface area (Å²) < 4.78 is 0. The highest BCUT2D eigenvalue weighted by atomic mass is 16.6. The first kappa shape index (κ1) is 16.6. The van der Waals surface area contributed by atoms with E-state index in [0.717, 1.165) is 31.6 Å². The van der Waals surface area contributed by atoms with Crippen LogP contribution in [0.5, 0.6) is 0 Å². The van der Waals surface area contributed by atoms with Crippen molar-refractivity contribution in [3.05, 3.63) is 39.9 Å². The largest absolute Gasteiger partial charge is 0.330 e. The van der Waals surface area contributed by atoms with E-state index in [-0.39, 0.29) is 16.0 Å². The molecule has 5 heteroatoms. The molecule has 0 heterocycles. The lowest BCUT2D eigenvalue weighted by Gasteiger charge is -2.31. The summed E-state index contributed by atoms with van der Waals surface area (Å²) in [5.74, 6) is 0. The number of rotatable bonds is 8. The Hall–Kier alpha value is -1.46. The van der Waals surface area contributed by atoms with Gasteiger partial charge in [-0.25, -0.2) is 0 Å². The van der Waals surface area contributed by atoms with Gasteiger partial charge in [-0.05, 0) is 30.5 Å². The Labute approximate surface area is 120 Å². The van der Waals surface area contributed by atoms with Crippen LogP contribution in [0.25, 0.3) is 0 Å². The van der Waals surface area contributed by atoms with Crippen LogP contribution >= 0.6 is 0 Å². The van der Waals surface area contributed by atoms with Crippen molar-refractivity contribution in [1.82, 2.24) is 4.90 Å². The van der Waals surface area contributed by atoms with Gasteiger partial charge in [-0.1, -0.05) is 32.9 Å². The molecule has 2 N–H and O–H groups in total. The highest BCUT2D eigenvalue weighted by molar-refractivity contribution is 5.32. The van der Waals surface area contributed by atoms with Gasteiger partial charge < -0.3 is 10.6 Å². The molecule has 1 aromatic rings. The lowest BCUT2D eigenvalue weighted by atomic mass is 9.93. The number of nitro groups is 1. The van der Waals surface area contributed by atoms with Crippen LogP contribution in [-0.4, -0.2) is 36.0 Å². The van der Waals surface area contributed by atoms with Crippen molar-refractivity contribution in [2.45, 2.75) is 27.2 Å². The first-order valence-corrected chi connectivity index (χ1v) is 7.03. The first-order chi connectivity index (χ1) is 9.38. The fraction of sp³-hybridized carbons (Fsp3) is 0.600. The van der Waals surface area contributed by atoms with E-state index in [9.17, 15) is 10.1 Å². The third-order valence-corrected chi connectivity index (χ3v) is 3.52. The van der Waals surface area contributed by atoms with E-state index in [0.29, 0.717) is 6.54 Å². The van der Waals surface area contributed by atoms with Crippen molar-refractivity contribution in [2.24, 2.45) is 11.1 Å². The molecule has 0 atom stereocenters. The molecule has 5 nitrogen and oxygen atoms in total. The maximum Gasteiger partial charge on any atom is 0.269 e. The maximum atomic E-state index is 10.6. The predicted molar refractivity (Wildman–Crippen MR) is 81.7 cm³/mol. The molecule has 0 radical (unpaired) electrons. The van der Waals surface area contributed by atoms with E-state index in [1.54, 1.807) is 12.1 Å². The van der Waals surface area contributed by atoms with Crippen molar-refractivity contribution >= 4 is 5.69 Å². The van der Waals surface area contributed by atoms with Gasteiger partial charge in [-0.2, -0.15) is 0 Å². The molecule has 20 heavy (non-hydrogen) atoms. The van der Waals surface area contributed by atoms with E-state index in [4.69, 9.17) is 5.73 Å². The smallest absolute Gasteiger partial charge is 0.269 e. The van der Waals surface area contributed by atoms with E-state index in [1.807, 2.05) is 12.1 Å². The second-order valence-electron chi connectivity index (χ2n) is 5.91. The van der Waals surface area contributed by atoms with Gasteiger partial charge in [0.1, 0.15) is 0 Å². The van der Waals surface area contributed by atoms with Crippen LogP contribution in [0.1, 0.15) is 26.3 Å². The van der Waals surface area contributed by atoms with Crippen molar-refractivity contribution in [3.8, 4) is 0 Å². The number of benzene rings is 1. The molecule has 0 saturated heterocycles. The van der Waals surface area contributed by atoms with Crippen LogP contribution in [0.15, 0.2) is 24.3 Å². The quantitative estimate of drug-likeness (QED) is 0.586. The van der Waals surface area contributed by atoms with Crippen molar-refractivity contribution in [1.29, 1.82) is 0 Å². The second kappa shape index (κ2) is 7.36. The standard InChI is InChI=1S/C15H25N3O2/c1-4-17(12-15(2,3)11-16)10-9-13-5-7-14(8-6-13)18(19)20/h5-8H,4,9-12,16H2,1-3H3. The summed E-state index contributed by atoms with van der Waals surface area (Å²) in [5, 5.41) is 10.6. The van der Waals surface area contributed by atoms with Gasteiger partial charge in [0.2, 0.25) is 0 Å². The molecule has 0 unspecified atom stereocenters. The topological polar surface area (TPSA) is 72.4 Å². The Morgan fingerprint density at radius 3 is 2.35 bits per heavy atom. The Balaban J connectivity index is 2.54. The minimum Gasteiger partial charge on any atom is -0.330 e. The minimum atomic E-state index is -0.369. The summed E-state index contributed by atoms with van der Waals surface area (Å²) in [4.78, 5) is 12.6. The van der Waals surface area contributed by atoms with Crippen LogP contribution in [0.4, 0.5) is 5.69 Å². The molecule has 0 amide bonds. The first-order valence-electron chi connectivity index (χ1n) is 7.03. The molecule has 0 aliphatic heterocycles. The van der Waals surface area contributed by atoms with Gasteiger partial charge in [0.15, 0.2) is 0 Å². The van der Waals surface area contributed by atoms with Gasteiger partial charge in [0.25, 0.3) is 5.69 Å². The zero-order chi connectivity index (χ0) is 15.2. The van der Waals surface area contributed by atoms with Crippen LogP contribution < -0.4 is 5.73 Å². The van der Waals surface area contributed by atoms with E-state index in [1.165, 1.54) is 0 Å². The zero-order valence-electron chi connectivity index (χ0n) is 12.6. The van der Waals surface area contributed by atoms with Crippen LogP contribution in [0, 0.1) is 15.5 Å². The Morgan fingerprint density at radius 2 is 1.90 bits per heavy atom. The molecular weight excluding hydrogens is 254 g/mol. The highest BCUT2D eigenvalue weighted by Gasteiger charge is 2.19. The molecule has 0 spiro atoms. The third kappa shape index (κ3) is 5.27. The fourth-order valence-electron chi connectivity index (χ4n) is 2.09. The summed E-state index contributed by atoms with van der Waals surface area (Å²) in [5.41, 5.74) is 7.16. The van der Waals surface area contributed by atoms with E-state index >= 15 is 0 Å². The lowest BCUT2D eigenvalue weighted by Crippen LogP contribution is -2.39. The average molecular weight is 279 g/mol. The number of nitrogens with zero attached hydrogens (tertiary/aromatic N) is 2. The number of nitro benzene ring substituents is 1. The predicted octanol–water partition coefficient (Wildman–Crippen LogP) is 2.44. The molecular formula is C15H25N3O2. The number of nitrogens with two attached hydrogens (primary N) is 1. The average Bonchev–Trinajstić information content (AvgIpc) is 2.43. The third-order valence-electron chi connectivity index (χ3n) is 3.52. The van der Waals surface area contributed by atoms with Crippen molar-refractivity contribution < 1.29 is 4.92 Å². The van der Waals surface area contributed by atoms with E-state index < -0.39 is 0 Å². The molecule has 0 aromatic heterocycles. The Morgan fingerprint density at radius 1 is 1.30 bits per heavy atom. The summed E-state index contributed by atoms with van der Waals surface area (Å²) in [6.07, 6.45) is 0.895. The normalized spacial score (nSPS) is 11.8. The Kier molecular flexibility index (Phi) is 6.10. The molecule has 112 valence electrons. The molecule has 1 aromatic carbocycles. The molecule has 0 aliphatic carbocycles. The van der Waals surface area contributed by atoms with Crippen molar-refractivity contribution in [2.75, 3.05) is 26.2 Å². The summed E-state index contributed by atoms with van der Waals surface area (Å²) in [6, 6.07) is 6.80. The molecule has 0 aliphatic rings. The summed E-state index contributed by atoms with van der Waals surface area (Å²) >= 11 is 0. The fourth-order valence-corrected chi connectivity index (χ4v) is 2.09. The molecule has 0 saturated carbocycles. The van der Waals surface area contributed by atoms with Gasteiger partial charge in [-0.3, -0.25) is 10.1 Å². The summed E-state index contributed by atoms with van der Waals surface area (Å²) in [7, 11) is 0. The van der Waals surface area contributed by atoms with Gasteiger partial charge in [0.05, 0.1) is 4.92 Å². The number of hydrogen-bond donors (Lipinski definition) is 1. The monoisotopic (exact) mass is 279 g/mol. The Bertz CT molecular complexity index is 429. The lowest BCUT2D eigenvalue weighted by molar-refractivity contribution is -0.384. The SMILES string of the molecule is CCN(CCc1ccc([N+](=O)[O-])cc1)CC(C)(C)CN. The number of non-ortho nitro benzene ring substituents is 1. The van der Waals surface area contributed by atoms with Crippen LogP contribution in [0.3, 0.4) is 0 Å². The van der Waals surface area contributed by atoms with Crippen molar-refractivity contribution in [3.63, 3.8) is 0 Å². The number of likely N-dealkylation sites (N-methyl/N-ethyl adjacent to an activating group) is 1. The van der Waals surface area contributed by atoms with E-state index in [2.05, 4.69) is 25.7 Å². The van der Waals surface area contributed by atoms with Crippen LogP contribution in [-0.2, 0) is 6.42 Å². The summed E-state index contributed by atoms with van der Waals surface area (Å²) in [6.45, 7) is 10.0. The van der Waals surface area contributed by atoms with Gasteiger partial charge in [-0.15, -0.1) is 0 Å². The zero-order valence-corrected chi connectivity index (χ0v) is 12.6. The highest BCUT2D eigenvalue weighted by Crippen LogP contribution is 2.16. The van der Waals surface area contributed by atoms with Crippen LogP contribution in [0.2, 0.25) is 0 Å². The molecule has 0 bridgehead atoms. The second-order valence-corrected chi connectivity index (χ2v) is 5.91. The number of hydrogen-bond acceptors (Lipinski definition) is 4. The molecule has 1 rings (SSSR count). The van der Waals surface area contributed by atoms with Gasteiger partial charge in [0, 0.05) is 25.2 Å². The van der Waals surface area contributed by atoms with Gasteiger partial charge >= 0.3 is 0 Å². The minimum absolute atomic E-state index is 0.117.